The number of carbonyl (C=O) groups excluding carboxylic acids is 2. The van der Waals surface area contributed by atoms with Gasteiger partial charge in [0.15, 0.2) is 0 Å². The molecule has 0 aromatic carbocycles. The van der Waals surface area contributed by atoms with Gasteiger partial charge in [0, 0.05) is 7.05 Å². The first kappa shape index (κ1) is 12.7. The van der Waals surface area contributed by atoms with Crippen LogP contribution in [0.1, 0.15) is 39.5 Å². The maximum atomic E-state index is 12.2. The van der Waals surface area contributed by atoms with Crippen molar-refractivity contribution in [2.75, 3.05) is 7.05 Å². The molecule has 0 atom stereocenters. The summed E-state index contributed by atoms with van der Waals surface area (Å²) in [6.07, 6.45) is 2.86. The minimum atomic E-state index is -0.813. The fraction of sp³-hybridized carbons (Fsp3) is 0.727. The van der Waals surface area contributed by atoms with Gasteiger partial charge in [-0.15, -0.1) is 0 Å². The fourth-order valence-electron chi connectivity index (χ4n) is 2.27. The molecule has 0 unspecified atom stereocenters. The first-order valence-electron chi connectivity index (χ1n) is 5.67. The summed E-state index contributed by atoms with van der Waals surface area (Å²) >= 11 is 0. The van der Waals surface area contributed by atoms with Gasteiger partial charge in [0.25, 0.3) is 0 Å². The molecule has 0 radical (unpaired) electrons. The SMILES string of the molecule is CCCC1(CCC)C(=N)NC(=O)N(C)C1=O. The van der Waals surface area contributed by atoms with Crippen LogP contribution in [0, 0.1) is 10.8 Å². The van der Waals surface area contributed by atoms with E-state index in [1.807, 2.05) is 13.8 Å². The molecule has 1 aliphatic heterocycles. The third-order valence-electron chi connectivity index (χ3n) is 3.08. The van der Waals surface area contributed by atoms with Crippen LogP contribution in [0.2, 0.25) is 0 Å². The number of rotatable bonds is 4. The largest absolute Gasteiger partial charge is 0.329 e. The minimum Gasteiger partial charge on any atom is -0.295 e. The Hall–Kier alpha value is -1.39. The first-order valence-corrected chi connectivity index (χ1v) is 5.67. The van der Waals surface area contributed by atoms with E-state index in [0.29, 0.717) is 12.8 Å². The van der Waals surface area contributed by atoms with Gasteiger partial charge in [-0.2, -0.15) is 0 Å². The molecular weight excluding hydrogens is 206 g/mol. The summed E-state index contributed by atoms with van der Waals surface area (Å²) in [5, 5.41) is 10.3. The van der Waals surface area contributed by atoms with Crippen molar-refractivity contribution in [1.29, 1.82) is 5.41 Å². The van der Waals surface area contributed by atoms with E-state index >= 15 is 0 Å². The van der Waals surface area contributed by atoms with Crippen LogP contribution in [-0.2, 0) is 4.79 Å². The minimum absolute atomic E-state index is 0.0595. The van der Waals surface area contributed by atoms with Gasteiger partial charge in [-0.1, -0.05) is 26.7 Å². The summed E-state index contributed by atoms with van der Waals surface area (Å²) in [5.74, 6) is -0.186. The molecule has 5 heteroatoms. The summed E-state index contributed by atoms with van der Waals surface area (Å²) in [4.78, 5) is 24.6. The van der Waals surface area contributed by atoms with Crippen molar-refractivity contribution in [1.82, 2.24) is 10.2 Å². The zero-order chi connectivity index (χ0) is 12.3. The number of nitrogens with zero attached hydrogens (tertiary/aromatic N) is 1. The van der Waals surface area contributed by atoms with Gasteiger partial charge in [-0.3, -0.25) is 20.4 Å². The smallest absolute Gasteiger partial charge is 0.295 e. The molecule has 2 N–H and O–H groups in total. The van der Waals surface area contributed by atoms with Crippen molar-refractivity contribution in [3.05, 3.63) is 0 Å². The van der Waals surface area contributed by atoms with Crippen LogP contribution in [0.25, 0.3) is 0 Å². The Labute approximate surface area is 95.7 Å². The summed E-state index contributed by atoms with van der Waals surface area (Å²) in [6, 6.07) is -0.502. The predicted molar refractivity (Wildman–Crippen MR) is 61.3 cm³/mol. The van der Waals surface area contributed by atoms with Gasteiger partial charge in [0.05, 0.1) is 0 Å². The molecule has 16 heavy (non-hydrogen) atoms. The molecule has 1 aliphatic rings. The van der Waals surface area contributed by atoms with E-state index in [4.69, 9.17) is 5.41 Å². The van der Waals surface area contributed by atoms with Gasteiger partial charge < -0.3 is 0 Å². The molecule has 0 bridgehead atoms. The van der Waals surface area contributed by atoms with Gasteiger partial charge in [0.2, 0.25) is 5.91 Å². The van der Waals surface area contributed by atoms with E-state index in [0.717, 1.165) is 17.7 Å². The molecule has 0 saturated carbocycles. The molecule has 1 saturated heterocycles. The van der Waals surface area contributed by atoms with E-state index in [-0.39, 0.29) is 11.7 Å². The van der Waals surface area contributed by atoms with Gasteiger partial charge >= 0.3 is 6.03 Å². The number of nitrogens with one attached hydrogen (secondary N) is 2. The topological polar surface area (TPSA) is 73.3 Å². The van der Waals surface area contributed by atoms with E-state index in [9.17, 15) is 9.59 Å². The predicted octanol–water partition coefficient (Wildman–Crippen LogP) is 1.73. The summed E-state index contributed by atoms with van der Waals surface area (Å²) in [5.41, 5.74) is -0.813. The number of urea groups is 1. The van der Waals surface area contributed by atoms with Crippen molar-refractivity contribution >= 4 is 17.8 Å². The molecule has 0 aliphatic carbocycles. The van der Waals surface area contributed by atoms with E-state index in [1.54, 1.807) is 0 Å². The molecule has 1 fully saturated rings. The molecule has 1 heterocycles. The van der Waals surface area contributed by atoms with Crippen LogP contribution in [0.3, 0.4) is 0 Å². The van der Waals surface area contributed by atoms with Crippen molar-refractivity contribution in [2.45, 2.75) is 39.5 Å². The average molecular weight is 225 g/mol. The highest BCUT2D eigenvalue weighted by Gasteiger charge is 2.48. The highest BCUT2D eigenvalue weighted by atomic mass is 16.2. The molecular formula is C11H19N3O2. The average Bonchev–Trinajstić information content (AvgIpc) is 2.24. The molecule has 3 amide bonds. The zero-order valence-electron chi connectivity index (χ0n) is 10.1. The second kappa shape index (κ2) is 4.63. The van der Waals surface area contributed by atoms with Crippen molar-refractivity contribution in [3.8, 4) is 0 Å². The van der Waals surface area contributed by atoms with Crippen molar-refractivity contribution in [3.63, 3.8) is 0 Å². The second-order valence-corrected chi connectivity index (χ2v) is 4.25. The van der Waals surface area contributed by atoms with Gasteiger partial charge in [-0.25, -0.2) is 4.79 Å². The molecule has 90 valence electrons. The lowest BCUT2D eigenvalue weighted by atomic mass is 9.75. The normalized spacial score (nSPS) is 19.9. The Kier molecular flexibility index (Phi) is 3.67. The number of imide groups is 1. The third-order valence-corrected chi connectivity index (χ3v) is 3.08. The van der Waals surface area contributed by atoms with Gasteiger partial charge in [0.1, 0.15) is 11.3 Å². The monoisotopic (exact) mass is 225 g/mol. The number of hydrogen-bond donors (Lipinski definition) is 2. The molecule has 0 aromatic rings. The van der Waals surface area contributed by atoms with Crippen molar-refractivity contribution in [2.24, 2.45) is 5.41 Å². The Morgan fingerprint density at radius 3 is 2.19 bits per heavy atom. The van der Waals surface area contributed by atoms with E-state index < -0.39 is 11.4 Å². The third kappa shape index (κ3) is 1.81. The Bertz CT molecular complexity index is 319. The number of amides is 3. The highest BCUT2D eigenvalue weighted by Crippen LogP contribution is 2.34. The highest BCUT2D eigenvalue weighted by molar-refractivity contribution is 6.19. The lowest BCUT2D eigenvalue weighted by Crippen LogP contribution is -2.62. The Balaban J connectivity index is 3.08. The van der Waals surface area contributed by atoms with Gasteiger partial charge in [-0.05, 0) is 12.8 Å². The summed E-state index contributed by atoms with van der Waals surface area (Å²) in [7, 11) is 1.46. The number of hydrogen-bond acceptors (Lipinski definition) is 3. The molecule has 0 spiro atoms. The Morgan fingerprint density at radius 2 is 1.75 bits per heavy atom. The molecule has 5 nitrogen and oxygen atoms in total. The second-order valence-electron chi connectivity index (χ2n) is 4.25. The lowest BCUT2D eigenvalue weighted by Gasteiger charge is -2.39. The summed E-state index contributed by atoms with van der Waals surface area (Å²) in [6.45, 7) is 3.96. The van der Waals surface area contributed by atoms with Crippen LogP contribution in [0.15, 0.2) is 0 Å². The standard InChI is InChI=1S/C11H19N3O2/c1-4-6-11(7-5-2)8(12)13-10(16)14(3)9(11)15/h4-7H2,1-3H3,(H2,12,13,16). The van der Waals surface area contributed by atoms with E-state index in [2.05, 4.69) is 5.32 Å². The maximum absolute atomic E-state index is 12.2. The van der Waals surface area contributed by atoms with Crippen LogP contribution in [0.5, 0.6) is 0 Å². The molecule has 1 rings (SSSR count). The van der Waals surface area contributed by atoms with E-state index in [1.165, 1.54) is 7.05 Å². The van der Waals surface area contributed by atoms with Crippen LogP contribution in [-0.4, -0.2) is 29.7 Å². The van der Waals surface area contributed by atoms with Crippen LogP contribution >= 0.6 is 0 Å². The maximum Gasteiger partial charge on any atom is 0.329 e. The zero-order valence-corrected chi connectivity index (χ0v) is 10.1. The number of amidine groups is 1. The Morgan fingerprint density at radius 1 is 1.25 bits per heavy atom. The fourth-order valence-corrected chi connectivity index (χ4v) is 2.27. The van der Waals surface area contributed by atoms with Crippen LogP contribution < -0.4 is 5.32 Å². The van der Waals surface area contributed by atoms with Crippen molar-refractivity contribution < 1.29 is 9.59 Å². The number of carbonyl (C=O) groups is 2. The first-order chi connectivity index (χ1) is 7.49. The summed E-state index contributed by atoms with van der Waals surface area (Å²) < 4.78 is 0. The van der Waals surface area contributed by atoms with Crippen LogP contribution in [0.4, 0.5) is 4.79 Å². The quantitative estimate of drug-likeness (QED) is 0.764. The lowest BCUT2D eigenvalue weighted by molar-refractivity contribution is -0.135. The molecule has 0 aromatic heterocycles.